The molecule has 0 aromatic heterocycles. The van der Waals surface area contributed by atoms with Gasteiger partial charge in [-0.25, -0.2) is 0 Å². The quantitative estimate of drug-likeness (QED) is 0.543. The molecule has 0 saturated heterocycles. The molecule has 0 fully saturated rings. The molecule has 3 heteroatoms. The maximum absolute atomic E-state index is 13.1. The minimum Gasteiger partial charge on any atom is -0.304 e. The highest BCUT2D eigenvalue weighted by molar-refractivity contribution is 14.1. The van der Waals surface area contributed by atoms with Crippen LogP contribution in [0.15, 0.2) is 84.9 Å². The first-order valence-electron chi connectivity index (χ1n) is 7.41. The molecule has 1 amide bonds. The van der Waals surface area contributed by atoms with Crippen molar-refractivity contribution in [1.29, 1.82) is 0 Å². The topological polar surface area (TPSA) is 20.3 Å². The molecule has 0 radical (unpaired) electrons. The van der Waals surface area contributed by atoms with Crippen LogP contribution < -0.4 is 4.90 Å². The maximum atomic E-state index is 13.1. The Balaban J connectivity index is 1.98. The standard InChI is InChI=1S/C20H16INO/c21-19-14-8-7-13-18(19)20(23)22(17-11-5-2-6-12-17)15-16-9-3-1-4-10-16/h1-14H,15H2. The van der Waals surface area contributed by atoms with Crippen LogP contribution in [0.5, 0.6) is 0 Å². The summed E-state index contributed by atoms with van der Waals surface area (Å²) in [4.78, 5) is 14.9. The highest BCUT2D eigenvalue weighted by atomic mass is 127. The van der Waals surface area contributed by atoms with Crippen LogP contribution in [-0.2, 0) is 6.54 Å². The molecule has 0 atom stereocenters. The Morgan fingerprint density at radius 1 is 0.783 bits per heavy atom. The molecule has 0 aliphatic heterocycles. The van der Waals surface area contributed by atoms with E-state index in [1.165, 1.54) is 0 Å². The molecule has 0 N–H and O–H groups in total. The first-order valence-corrected chi connectivity index (χ1v) is 8.49. The van der Waals surface area contributed by atoms with Crippen LogP contribution in [0.2, 0.25) is 0 Å². The number of hydrogen-bond acceptors (Lipinski definition) is 1. The van der Waals surface area contributed by atoms with Gasteiger partial charge in [0.25, 0.3) is 5.91 Å². The number of carbonyl (C=O) groups excluding carboxylic acids is 1. The number of benzene rings is 3. The molecule has 3 aromatic carbocycles. The number of amides is 1. The molecule has 0 bridgehead atoms. The molecule has 3 aromatic rings. The molecule has 23 heavy (non-hydrogen) atoms. The average molecular weight is 413 g/mol. The number of para-hydroxylation sites is 1. The zero-order valence-corrected chi connectivity index (χ0v) is 14.7. The van der Waals surface area contributed by atoms with E-state index in [1.807, 2.05) is 89.8 Å². The Labute approximate surface area is 149 Å². The van der Waals surface area contributed by atoms with Crippen LogP contribution in [0.25, 0.3) is 0 Å². The average Bonchev–Trinajstić information content (AvgIpc) is 2.61. The molecular formula is C20H16INO. The molecule has 0 heterocycles. The van der Waals surface area contributed by atoms with Gasteiger partial charge in [0.05, 0.1) is 12.1 Å². The first-order chi connectivity index (χ1) is 11.3. The fourth-order valence-electron chi connectivity index (χ4n) is 2.43. The lowest BCUT2D eigenvalue weighted by Gasteiger charge is -2.23. The van der Waals surface area contributed by atoms with Crippen LogP contribution in [0.4, 0.5) is 5.69 Å². The third-order valence-corrected chi connectivity index (χ3v) is 4.54. The van der Waals surface area contributed by atoms with E-state index in [9.17, 15) is 4.79 Å². The zero-order valence-electron chi connectivity index (χ0n) is 12.5. The first kappa shape index (κ1) is 15.7. The summed E-state index contributed by atoms with van der Waals surface area (Å²) in [5, 5.41) is 0. The molecule has 2 nitrogen and oxygen atoms in total. The second-order valence-electron chi connectivity index (χ2n) is 5.19. The summed E-state index contributed by atoms with van der Waals surface area (Å²) in [6, 6.07) is 27.6. The largest absolute Gasteiger partial charge is 0.304 e. The minimum absolute atomic E-state index is 0.0186. The second kappa shape index (κ2) is 7.42. The molecule has 0 aliphatic rings. The van der Waals surface area contributed by atoms with Gasteiger partial charge in [-0.05, 0) is 52.4 Å². The van der Waals surface area contributed by atoms with Crippen molar-refractivity contribution >= 4 is 34.2 Å². The Hall–Kier alpha value is -2.14. The van der Waals surface area contributed by atoms with Crippen molar-refractivity contribution in [3.63, 3.8) is 0 Å². The summed E-state index contributed by atoms with van der Waals surface area (Å²) in [5.74, 6) is 0.0186. The van der Waals surface area contributed by atoms with Crippen molar-refractivity contribution in [3.8, 4) is 0 Å². The van der Waals surface area contributed by atoms with Gasteiger partial charge in [-0.2, -0.15) is 0 Å². The molecular weight excluding hydrogens is 397 g/mol. The second-order valence-corrected chi connectivity index (χ2v) is 6.35. The lowest BCUT2D eigenvalue weighted by atomic mass is 10.1. The van der Waals surface area contributed by atoms with Gasteiger partial charge in [-0.1, -0.05) is 60.7 Å². The Bertz CT molecular complexity index is 787. The van der Waals surface area contributed by atoms with Gasteiger partial charge < -0.3 is 4.90 Å². The van der Waals surface area contributed by atoms with Crippen molar-refractivity contribution < 1.29 is 4.79 Å². The number of nitrogens with zero attached hydrogens (tertiary/aromatic N) is 1. The molecule has 0 saturated carbocycles. The van der Waals surface area contributed by atoms with E-state index < -0.39 is 0 Å². The smallest absolute Gasteiger partial charge is 0.259 e. The summed E-state index contributed by atoms with van der Waals surface area (Å²) in [6.45, 7) is 0.550. The lowest BCUT2D eigenvalue weighted by molar-refractivity contribution is 0.0984. The molecule has 0 aliphatic carbocycles. The van der Waals surface area contributed by atoms with E-state index in [2.05, 4.69) is 22.6 Å². The monoisotopic (exact) mass is 413 g/mol. The third kappa shape index (κ3) is 3.79. The van der Waals surface area contributed by atoms with Crippen LogP contribution in [0.1, 0.15) is 15.9 Å². The number of halogens is 1. The number of carbonyl (C=O) groups is 1. The van der Waals surface area contributed by atoms with Crippen LogP contribution in [-0.4, -0.2) is 5.91 Å². The summed E-state index contributed by atoms with van der Waals surface area (Å²) >= 11 is 2.21. The summed E-state index contributed by atoms with van der Waals surface area (Å²) in [6.07, 6.45) is 0. The SMILES string of the molecule is O=C(c1ccccc1I)N(Cc1ccccc1)c1ccccc1. The summed E-state index contributed by atoms with van der Waals surface area (Å²) in [7, 11) is 0. The minimum atomic E-state index is 0.0186. The van der Waals surface area contributed by atoms with Gasteiger partial charge in [0.1, 0.15) is 0 Å². The van der Waals surface area contributed by atoms with Crippen molar-refractivity contribution in [2.45, 2.75) is 6.54 Å². The van der Waals surface area contributed by atoms with Gasteiger partial charge in [0, 0.05) is 9.26 Å². The van der Waals surface area contributed by atoms with E-state index in [0.29, 0.717) is 6.54 Å². The highest BCUT2D eigenvalue weighted by Gasteiger charge is 2.19. The fourth-order valence-corrected chi connectivity index (χ4v) is 3.05. The zero-order chi connectivity index (χ0) is 16.1. The van der Waals surface area contributed by atoms with Gasteiger partial charge in [-0.15, -0.1) is 0 Å². The van der Waals surface area contributed by atoms with E-state index in [0.717, 1.165) is 20.4 Å². The Morgan fingerprint density at radius 3 is 2.00 bits per heavy atom. The van der Waals surface area contributed by atoms with Gasteiger partial charge >= 0.3 is 0 Å². The van der Waals surface area contributed by atoms with E-state index >= 15 is 0 Å². The molecule has 3 rings (SSSR count). The fraction of sp³-hybridized carbons (Fsp3) is 0.0500. The molecule has 114 valence electrons. The predicted molar refractivity (Wildman–Crippen MR) is 103 cm³/mol. The molecule has 0 unspecified atom stereocenters. The van der Waals surface area contributed by atoms with Crippen LogP contribution in [0, 0.1) is 3.57 Å². The number of hydrogen-bond donors (Lipinski definition) is 0. The Morgan fingerprint density at radius 2 is 1.35 bits per heavy atom. The normalized spacial score (nSPS) is 10.3. The predicted octanol–water partition coefficient (Wildman–Crippen LogP) is 5.14. The summed E-state index contributed by atoms with van der Waals surface area (Å²) < 4.78 is 0.962. The number of anilines is 1. The van der Waals surface area contributed by atoms with Crippen LogP contribution >= 0.6 is 22.6 Å². The lowest BCUT2D eigenvalue weighted by Crippen LogP contribution is -2.31. The van der Waals surface area contributed by atoms with E-state index in [4.69, 9.17) is 0 Å². The summed E-state index contributed by atoms with van der Waals surface area (Å²) in [5.41, 5.74) is 2.74. The third-order valence-electron chi connectivity index (χ3n) is 3.60. The molecule has 0 spiro atoms. The van der Waals surface area contributed by atoms with Crippen molar-refractivity contribution in [2.24, 2.45) is 0 Å². The van der Waals surface area contributed by atoms with Crippen molar-refractivity contribution in [1.82, 2.24) is 0 Å². The van der Waals surface area contributed by atoms with Gasteiger partial charge in [0.15, 0.2) is 0 Å². The van der Waals surface area contributed by atoms with E-state index in [-0.39, 0.29) is 5.91 Å². The highest BCUT2D eigenvalue weighted by Crippen LogP contribution is 2.22. The van der Waals surface area contributed by atoms with Gasteiger partial charge in [-0.3, -0.25) is 4.79 Å². The van der Waals surface area contributed by atoms with Gasteiger partial charge in [0.2, 0.25) is 0 Å². The van der Waals surface area contributed by atoms with Crippen molar-refractivity contribution in [2.75, 3.05) is 4.90 Å². The maximum Gasteiger partial charge on any atom is 0.259 e. The van der Waals surface area contributed by atoms with Crippen molar-refractivity contribution in [3.05, 3.63) is 99.6 Å². The van der Waals surface area contributed by atoms with Crippen LogP contribution in [0.3, 0.4) is 0 Å². The Kier molecular flexibility index (Phi) is 5.08. The van der Waals surface area contributed by atoms with E-state index in [1.54, 1.807) is 0 Å². The number of rotatable bonds is 4.